The van der Waals surface area contributed by atoms with Crippen molar-refractivity contribution in [3.05, 3.63) is 0 Å². The quantitative estimate of drug-likeness (QED) is 0.706. The molecule has 0 radical (unpaired) electrons. The van der Waals surface area contributed by atoms with Crippen molar-refractivity contribution >= 4 is 34.4 Å². The van der Waals surface area contributed by atoms with Gasteiger partial charge in [0.25, 0.3) is 0 Å². The van der Waals surface area contributed by atoms with E-state index in [-0.39, 0.29) is 5.92 Å². The summed E-state index contributed by atoms with van der Waals surface area (Å²) in [6, 6.07) is 0. The zero-order valence-electron chi connectivity index (χ0n) is 7.66. The highest BCUT2D eigenvalue weighted by Crippen LogP contribution is 2.30. The molecule has 1 saturated carbocycles. The minimum absolute atomic E-state index is 0.00898. The van der Waals surface area contributed by atoms with Crippen molar-refractivity contribution in [3.63, 3.8) is 0 Å². The zero-order chi connectivity index (χ0) is 9.84. The van der Waals surface area contributed by atoms with Gasteiger partial charge < -0.3 is 11.5 Å². The second kappa shape index (κ2) is 4.86. The van der Waals surface area contributed by atoms with Gasteiger partial charge in [0.05, 0.1) is 15.9 Å². The molecule has 1 aliphatic carbocycles. The summed E-state index contributed by atoms with van der Waals surface area (Å²) in [4.78, 5) is 0.943. The smallest absolute Gasteiger partial charge is 0.0829 e. The van der Waals surface area contributed by atoms with Gasteiger partial charge in [0.1, 0.15) is 0 Å². The van der Waals surface area contributed by atoms with E-state index >= 15 is 0 Å². The summed E-state index contributed by atoms with van der Waals surface area (Å²) >= 11 is 9.97. The maximum absolute atomic E-state index is 5.63. The number of hydrogen-bond donors (Lipinski definition) is 2. The van der Waals surface area contributed by atoms with Gasteiger partial charge in [-0.25, -0.2) is 0 Å². The lowest BCUT2D eigenvalue weighted by molar-refractivity contribution is 0.339. The third-order valence-electron chi connectivity index (χ3n) is 2.73. The van der Waals surface area contributed by atoms with Crippen LogP contribution in [-0.2, 0) is 0 Å². The molecular formula is C9H16N2S2. The van der Waals surface area contributed by atoms with Crippen LogP contribution < -0.4 is 11.5 Å². The predicted octanol–water partition coefficient (Wildman–Crippen LogP) is 1.76. The Morgan fingerprint density at radius 1 is 1.00 bits per heavy atom. The van der Waals surface area contributed by atoms with Gasteiger partial charge in [0, 0.05) is 0 Å². The van der Waals surface area contributed by atoms with Gasteiger partial charge in [-0.1, -0.05) is 43.7 Å². The molecule has 13 heavy (non-hydrogen) atoms. The van der Waals surface area contributed by atoms with Gasteiger partial charge in [-0.15, -0.1) is 0 Å². The number of hydrogen-bond acceptors (Lipinski definition) is 2. The Balaban J connectivity index is 2.62. The monoisotopic (exact) mass is 216 g/mol. The standard InChI is InChI=1S/C9H16N2S2/c10-8(12)7(9(11)13)6-4-2-1-3-5-6/h6-7H,1-5H2,(H2,10,12)(H2,11,13). The molecular weight excluding hydrogens is 200 g/mol. The highest BCUT2D eigenvalue weighted by Gasteiger charge is 2.27. The molecule has 0 aromatic carbocycles. The summed E-state index contributed by atoms with van der Waals surface area (Å²) in [5.41, 5.74) is 11.3. The summed E-state index contributed by atoms with van der Waals surface area (Å²) in [6.07, 6.45) is 6.16. The number of rotatable bonds is 3. The molecule has 4 N–H and O–H groups in total. The maximum atomic E-state index is 5.63. The van der Waals surface area contributed by atoms with Gasteiger partial charge in [-0.2, -0.15) is 0 Å². The Hall–Kier alpha value is -0.220. The van der Waals surface area contributed by atoms with Crippen molar-refractivity contribution in [1.82, 2.24) is 0 Å². The van der Waals surface area contributed by atoms with Crippen LogP contribution in [0.3, 0.4) is 0 Å². The topological polar surface area (TPSA) is 52.0 Å². The van der Waals surface area contributed by atoms with Crippen LogP contribution in [0.15, 0.2) is 0 Å². The second-order valence-electron chi connectivity index (χ2n) is 3.68. The van der Waals surface area contributed by atoms with E-state index in [0.29, 0.717) is 15.9 Å². The van der Waals surface area contributed by atoms with Gasteiger partial charge in [0.15, 0.2) is 0 Å². The Morgan fingerprint density at radius 3 is 1.85 bits per heavy atom. The van der Waals surface area contributed by atoms with Gasteiger partial charge in [0.2, 0.25) is 0 Å². The van der Waals surface area contributed by atoms with Crippen LogP contribution in [0, 0.1) is 11.8 Å². The molecule has 0 amide bonds. The molecule has 1 aliphatic rings. The molecule has 0 aromatic heterocycles. The molecule has 0 bridgehead atoms. The fourth-order valence-electron chi connectivity index (χ4n) is 2.07. The van der Waals surface area contributed by atoms with Crippen LogP contribution in [0.4, 0.5) is 0 Å². The van der Waals surface area contributed by atoms with Crippen LogP contribution in [0.25, 0.3) is 0 Å². The van der Waals surface area contributed by atoms with Crippen LogP contribution >= 0.6 is 24.4 Å². The summed E-state index contributed by atoms with van der Waals surface area (Å²) in [5, 5.41) is 0. The molecule has 0 spiro atoms. The number of thiocarbonyl (C=S) groups is 2. The third-order valence-corrected chi connectivity index (χ3v) is 3.24. The minimum Gasteiger partial charge on any atom is -0.393 e. The van der Waals surface area contributed by atoms with E-state index in [1.54, 1.807) is 0 Å². The summed E-state index contributed by atoms with van der Waals surface area (Å²) in [7, 11) is 0. The predicted molar refractivity (Wildman–Crippen MR) is 63.6 cm³/mol. The zero-order valence-corrected chi connectivity index (χ0v) is 9.29. The van der Waals surface area contributed by atoms with Crippen molar-refractivity contribution in [3.8, 4) is 0 Å². The molecule has 74 valence electrons. The first-order valence-electron chi connectivity index (χ1n) is 4.71. The molecule has 1 rings (SSSR count). The van der Waals surface area contributed by atoms with Gasteiger partial charge in [-0.3, -0.25) is 0 Å². The Kier molecular flexibility index (Phi) is 4.06. The average molecular weight is 216 g/mol. The summed E-state index contributed by atoms with van der Waals surface area (Å²) in [6.45, 7) is 0. The normalized spacial score (nSPS) is 18.8. The maximum Gasteiger partial charge on any atom is 0.0829 e. The third kappa shape index (κ3) is 2.88. The van der Waals surface area contributed by atoms with E-state index in [2.05, 4.69) is 0 Å². The van der Waals surface area contributed by atoms with E-state index in [1.807, 2.05) is 0 Å². The van der Waals surface area contributed by atoms with Crippen molar-refractivity contribution in [2.45, 2.75) is 32.1 Å². The van der Waals surface area contributed by atoms with E-state index in [4.69, 9.17) is 35.9 Å². The van der Waals surface area contributed by atoms with Crippen molar-refractivity contribution < 1.29 is 0 Å². The SMILES string of the molecule is NC(=S)C(C(N)=S)C1CCCCC1. The van der Waals surface area contributed by atoms with Crippen LogP contribution in [0.1, 0.15) is 32.1 Å². The van der Waals surface area contributed by atoms with Crippen LogP contribution in [-0.4, -0.2) is 9.98 Å². The molecule has 0 saturated heterocycles. The first kappa shape index (κ1) is 10.9. The number of nitrogens with two attached hydrogens (primary N) is 2. The minimum atomic E-state index is -0.00898. The van der Waals surface area contributed by atoms with E-state index in [1.165, 1.54) is 32.1 Å². The second-order valence-corrected chi connectivity index (χ2v) is 4.62. The van der Waals surface area contributed by atoms with Crippen LogP contribution in [0.2, 0.25) is 0 Å². The molecule has 0 heterocycles. The molecule has 0 atom stereocenters. The molecule has 1 fully saturated rings. The molecule has 0 aromatic rings. The lowest BCUT2D eigenvalue weighted by atomic mass is 9.80. The molecule has 0 unspecified atom stereocenters. The van der Waals surface area contributed by atoms with Crippen molar-refractivity contribution in [2.24, 2.45) is 23.3 Å². The Morgan fingerprint density at radius 2 is 1.46 bits per heavy atom. The Labute approximate surface area is 90.1 Å². The van der Waals surface area contributed by atoms with E-state index < -0.39 is 0 Å². The first-order valence-corrected chi connectivity index (χ1v) is 5.53. The fourth-order valence-corrected chi connectivity index (χ4v) is 2.79. The summed E-state index contributed by atoms with van der Waals surface area (Å²) in [5.74, 6) is 0.494. The molecule has 0 aliphatic heterocycles. The van der Waals surface area contributed by atoms with Gasteiger partial charge in [-0.05, 0) is 18.8 Å². The van der Waals surface area contributed by atoms with E-state index in [0.717, 1.165) is 0 Å². The average Bonchev–Trinajstić information content (AvgIpc) is 2.04. The summed E-state index contributed by atoms with van der Waals surface area (Å²) < 4.78 is 0. The fraction of sp³-hybridized carbons (Fsp3) is 0.778. The first-order chi connectivity index (χ1) is 6.13. The highest BCUT2D eigenvalue weighted by molar-refractivity contribution is 7.82. The molecule has 2 nitrogen and oxygen atoms in total. The lowest BCUT2D eigenvalue weighted by Gasteiger charge is -2.28. The van der Waals surface area contributed by atoms with Crippen molar-refractivity contribution in [2.75, 3.05) is 0 Å². The lowest BCUT2D eigenvalue weighted by Crippen LogP contribution is -2.38. The van der Waals surface area contributed by atoms with E-state index in [9.17, 15) is 0 Å². The van der Waals surface area contributed by atoms with Crippen molar-refractivity contribution in [1.29, 1.82) is 0 Å². The largest absolute Gasteiger partial charge is 0.393 e. The Bertz CT molecular complexity index is 196. The highest BCUT2D eigenvalue weighted by atomic mass is 32.1. The van der Waals surface area contributed by atoms with Crippen LogP contribution in [0.5, 0.6) is 0 Å². The van der Waals surface area contributed by atoms with Gasteiger partial charge >= 0.3 is 0 Å². The molecule has 4 heteroatoms.